The molecule has 0 unspecified atom stereocenters. The second kappa shape index (κ2) is 11.2. The van der Waals surface area contributed by atoms with Crippen LogP contribution in [0.1, 0.15) is 0 Å². The minimum absolute atomic E-state index is 0.492. The zero-order valence-electron chi connectivity index (χ0n) is 25.3. The Hall–Kier alpha value is -6.39. The van der Waals surface area contributed by atoms with Gasteiger partial charge in [-0.25, -0.2) is 0 Å². The Balaban J connectivity index is 1.06. The molecule has 0 spiro atoms. The van der Waals surface area contributed by atoms with Crippen LogP contribution in [-0.4, -0.2) is 15.2 Å². The highest BCUT2D eigenvalue weighted by Gasteiger charge is 2.17. The van der Waals surface area contributed by atoms with Crippen LogP contribution in [-0.2, 0) is 0 Å². The van der Waals surface area contributed by atoms with Crippen molar-refractivity contribution in [3.63, 3.8) is 0 Å². The first kappa shape index (κ1) is 27.0. The Bertz CT molecular complexity index is 2490. The second-order valence-electron chi connectivity index (χ2n) is 11.7. The summed E-state index contributed by atoms with van der Waals surface area (Å²) in [4.78, 5) is 4.42. The fourth-order valence-electron chi connectivity index (χ4n) is 6.77. The smallest absolute Gasteiger partial charge is 0.248 e. The minimum atomic E-state index is 0.492. The fraction of sp³-hybridized carbons (Fsp3) is 0. The Kier molecular flexibility index (Phi) is 6.43. The zero-order valence-corrected chi connectivity index (χ0v) is 25.3. The number of rotatable bonds is 5. The molecule has 0 saturated carbocycles. The number of hydrogen-bond donors (Lipinski definition) is 0. The highest BCUT2D eigenvalue weighted by molar-refractivity contribution is 6.21. The van der Waals surface area contributed by atoms with Crippen molar-refractivity contribution in [2.24, 2.45) is 0 Å². The van der Waals surface area contributed by atoms with Crippen molar-refractivity contribution in [3.05, 3.63) is 164 Å². The van der Waals surface area contributed by atoms with Crippen LogP contribution < -0.4 is 0 Å². The van der Waals surface area contributed by atoms with Crippen LogP contribution in [0.25, 0.3) is 88.6 Å². The molecule has 0 aliphatic carbocycles. The van der Waals surface area contributed by atoms with Crippen molar-refractivity contribution < 1.29 is 4.42 Å². The SMILES string of the molecule is c1cncc(-c2c3ccccc3c(-c3ccc(-c4nnc(-c5ccc(-c6cccc7ccccc67)cc5)o4)cc3)c3ccccc23)c1. The quantitative estimate of drug-likeness (QED) is 0.184. The van der Waals surface area contributed by atoms with E-state index in [4.69, 9.17) is 4.42 Å². The summed E-state index contributed by atoms with van der Waals surface area (Å²) in [5.74, 6) is 0.989. The van der Waals surface area contributed by atoms with Gasteiger partial charge in [0.25, 0.3) is 0 Å². The topological polar surface area (TPSA) is 51.8 Å². The van der Waals surface area contributed by atoms with Gasteiger partial charge >= 0.3 is 0 Å². The van der Waals surface area contributed by atoms with E-state index >= 15 is 0 Å². The molecule has 0 aliphatic rings. The lowest BCUT2D eigenvalue weighted by molar-refractivity contribution is 0.584. The van der Waals surface area contributed by atoms with E-state index in [1.54, 1.807) is 0 Å². The molecule has 4 heteroatoms. The zero-order chi connectivity index (χ0) is 31.2. The summed E-state index contributed by atoms with van der Waals surface area (Å²) < 4.78 is 6.19. The Morgan fingerprint density at radius 3 is 1.43 bits per heavy atom. The molecule has 0 fully saturated rings. The van der Waals surface area contributed by atoms with Crippen LogP contribution in [0.3, 0.4) is 0 Å². The van der Waals surface area contributed by atoms with E-state index in [1.807, 2.05) is 30.6 Å². The Morgan fingerprint density at radius 1 is 0.362 bits per heavy atom. The molecular weight excluding hydrogens is 574 g/mol. The van der Waals surface area contributed by atoms with Crippen molar-refractivity contribution in [2.75, 3.05) is 0 Å². The van der Waals surface area contributed by atoms with Gasteiger partial charge in [0.1, 0.15) is 0 Å². The van der Waals surface area contributed by atoms with E-state index in [9.17, 15) is 0 Å². The summed E-state index contributed by atoms with van der Waals surface area (Å²) in [5.41, 5.74) is 8.75. The third-order valence-electron chi connectivity index (χ3n) is 8.96. The second-order valence-corrected chi connectivity index (χ2v) is 11.7. The predicted molar refractivity (Wildman–Crippen MR) is 192 cm³/mol. The van der Waals surface area contributed by atoms with Crippen LogP contribution in [0.4, 0.5) is 0 Å². The molecule has 2 aromatic heterocycles. The van der Waals surface area contributed by atoms with E-state index in [2.05, 4.69) is 149 Å². The van der Waals surface area contributed by atoms with Gasteiger partial charge in [-0.2, -0.15) is 0 Å². The number of aromatic nitrogens is 3. The van der Waals surface area contributed by atoms with Gasteiger partial charge in [-0.05, 0) is 90.5 Å². The molecule has 9 rings (SSSR count). The standard InChI is InChI=1S/C43H27N3O/c1-2-12-34-28(9-1)10-7-17-35(34)29-18-22-31(23-19-29)42-45-46-43(47-42)32-24-20-30(21-25-32)40-36-13-3-5-15-38(36)41(33-11-8-26-44-27-33)39-16-6-4-14-37(39)40/h1-27H. The summed E-state index contributed by atoms with van der Waals surface area (Å²) >= 11 is 0. The highest BCUT2D eigenvalue weighted by Crippen LogP contribution is 2.43. The monoisotopic (exact) mass is 601 g/mol. The van der Waals surface area contributed by atoms with Crippen LogP contribution in [0.2, 0.25) is 0 Å². The lowest BCUT2D eigenvalue weighted by atomic mass is 9.86. The van der Waals surface area contributed by atoms with Gasteiger partial charge < -0.3 is 4.42 Å². The molecule has 2 heterocycles. The minimum Gasteiger partial charge on any atom is -0.416 e. The Labute approximate surface area is 271 Å². The van der Waals surface area contributed by atoms with Crippen LogP contribution in [0.15, 0.2) is 168 Å². The van der Waals surface area contributed by atoms with Crippen molar-refractivity contribution in [1.82, 2.24) is 15.2 Å². The maximum absolute atomic E-state index is 6.19. The van der Waals surface area contributed by atoms with Crippen molar-refractivity contribution >= 4 is 32.3 Å². The van der Waals surface area contributed by atoms with Crippen LogP contribution in [0.5, 0.6) is 0 Å². The summed E-state index contributed by atoms with van der Waals surface area (Å²) in [6.45, 7) is 0. The molecule has 0 atom stereocenters. The summed E-state index contributed by atoms with van der Waals surface area (Å²) in [7, 11) is 0. The predicted octanol–water partition coefficient (Wildman–Crippen LogP) is 11.3. The normalized spacial score (nSPS) is 11.4. The first-order chi connectivity index (χ1) is 23.3. The molecule has 0 bridgehead atoms. The number of fused-ring (bicyclic) bond motifs is 3. The van der Waals surface area contributed by atoms with Crippen molar-refractivity contribution in [2.45, 2.75) is 0 Å². The molecule has 4 nitrogen and oxygen atoms in total. The molecule has 0 saturated heterocycles. The molecule has 0 N–H and O–H groups in total. The third-order valence-corrected chi connectivity index (χ3v) is 8.96. The summed E-state index contributed by atoms with van der Waals surface area (Å²) in [5, 5.41) is 16.1. The van der Waals surface area contributed by atoms with E-state index in [-0.39, 0.29) is 0 Å². The molecule has 0 radical (unpaired) electrons. The van der Waals surface area contributed by atoms with Gasteiger partial charge in [-0.3, -0.25) is 4.98 Å². The molecule has 0 amide bonds. The molecule has 47 heavy (non-hydrogen) atoms. The van der Waals surface area contributed by atoms with Gasteiger partial charge in [0.15, 0.2) is 0 Å². The molecule has 220 valence electrons. The van der Waals surface area contributed by atoms with Crippen LogP contribution in [0, 0.1) is 0 Å². The third kappa shape index (κ3) is 4.66. The largest absolute Gasteiger partial charge is 0.416 e. The average Bonchev–Trinajstić information content (AvgIpc) is 3.65. The molecule has 9 aromatic rings. The van der Waals surface area contributed by atoms with E-state index in [1.165, 1.54) is 49.0 Å². The van der Waals surface area contributed by atoms with Crippen molar-refractivity contribution in [1.29, 1.82) is 0 Å². The molecular formula is C43H27N3O. The highest BCUT2D eigenvalue weighted by atomic mass is 16.4. The summed E-state index contributed by atoms with van der Waals surface area (Å²) in [6, 6.07) is 53.0. The number of hydrogen-bond acceptors (Lipinski definition) is 4. The van der Waals surface area contributed by atoms with Crippen LogP contribution >= 0.6 is 0 Å². The lowest BCUT2D eigenvalue weighted by Gasteiger charge is -2.17. The average molecular weight is 602 g/mol. The number of pyridine rings is 1. The van der Waals surface area contributed by atoms with Gasteiger partial charge in [0.2, 0.25) is 11.8 Å². The van der Waals surface area contributed by atoms with E-state index in [0.717, 1.165) is 27.8 Å². The molecule has 7 aromatic carbocycles. The number of nitrogens with zero attached hydrogens (tertiary/aromatic N) is 3. The molecule has 0 aliphatic heterocycles. The Morgan fingerprint density at radius 2 is 0.851 bits per heavy atom. The van der Waals surface area contributed by atoms with Gasteiger partial charge in [-0.1, -0.05) is 121 Å². The maximum Gasteiger partial charge on any atom is 0.248 e. The van der Waals surface area contributed by atoms with E-state index in [0.29, 0.717) is 11.8 Å². The first-order valence-corrected chi connectivity index (χ1v) is 15.7. The van der Waals surface area contributed by atoms with Crippen molar-refractivity contribution in [3.8, 4) is 56.3 Å². The first-order valence-electron chi connectivity index (χ1n) is 15.7. The lowest BCUT2D eigenvalue weighted by Crippen LogP contribution is -1.91. The maximum atomic E-state index is 6.19. The number of benzene rings is 7. The fourth-order valence-corrected chi connectivity index (χ4v) is 6.77. The van der Waals surface area contributed by atoms with E-state index < -0.39 is 0 Å². The van der Waals surface area contributed by atoms with Gasteiger partial charge in [0, 0.05) is 29.1 Å². The summed E-state index contributed by atoms with van der Waals surface area (Å²) in [6.07, 6.45) is 3.76. The van der Waals surface area contributed by atoms with Gasteiger partial charge in [0.05, 0.1) is 0 Å². The van der Waals surface area contributed by atoms with Gasteiger partial charge in [-0.15, -0.1) is 10.2 Å².